The highest BCUT2D eigenvalue weighted by Gasteiger charge is 2.50. The highest BCUT2D eigenvalue weighted by molar-refractivity contribution is 5.97. The van der Waals surface area contributed by atoms with E-state index in [1.54, 1.807) is 4.90 Å². The van der Waals surface area contributed by atoms with Crippen molar-refractivity contribution in [3.63, 3.8) is 0 Å². The first-order valence-corrected chi connectivity index (χ1v) is 17.4. The minimum atomic E-state index is -1.26. The van der Waals surface area contributed by atoms with Crippen molar-refractivity contribution in [1.29, 1.82) is 0 Å². The van der Waals surface area contributed by atoms with Crippen LogP contribution in [0, 0.1) is 17.2 Å². The molecule has 2 atom stereocenters. The molecule has 2 fully saturated rings. The molecule has 0 saturated carbocycles. The van der Waals surface area contributed by atoms with Crippen molar-refractivity contribution in [3.05, 3.63) is 48.1 Å². The number of aliphatic hydroxyl groups is 1. The largest absolute Gasteiger partial charge is 0.478 e. The lowest BCUT2D eigenvalue weighted by atomic mass is 9.76. The van der Waals surface area contributed by atoms with Crippen LogP contribution in [0.1, 0.15) is 71.7 Å². The Balaban J connectivity index is 0.000000783. The summed E-state index contributed by atoms with van der Waals surface area (Å²) in [7, 11) is 2.06. The van der Waals surface area contributed by atoms with Crippen LogP contribution in [-0.4, -0.2) is 134 Å². The fourth-order valence-corrected chi connectivity index (χ4v) is 6.61. The Kier molecular flexibility index (Phi) is 14.8. The van der Waals surface area contributed by atoms with Crippen LogP contribution in [0.5, 0.6) is 11.6 Å². The highest BCUT2D eigenvalue weighted by Crippen LogP contribution is 2.44. The number of rotatable bonds is 15. The molecule has 3 heterocycles. The Hall–Kier alpha value is -4.21. The highest BCUT2D eigenvalue weighted by atomic mass is 19.1. The zero-order chi connectivity index (χ0) is 38.0. The van der Waals surface area contributed by atoms with Crippen LogP contribution in [0.4, 0.5) is 10.2 Å². The van der Waals surface area contributed by atoms with E-state index in [4.69, 9.17) is 14.9 Å². The number of hydrogen-bond donors (Lipinski definition) is 3. The van der Waals surface area contributed by atoms with Crippen molar-refractivity contribution in [2.75, 3.05) is 51.2 Å². The monoisotopic (exact) mass is 715 g/mol. The maximum Gasteiger partial charge on any atom is 0.328 e. The smallest absolute Gasteiger partial charge is 0.328 e. The molecule has 2 aliphatic rings. The fourth-order valence-electron chi connectivity index (χ4n) is 6.61. The van der Waals surface area contributed by atoms with Gasteiger partial charge in [0.05, 0.1) is 11.7 Å². The Labute approximate surface area is 299 Å². The van der Waals surface area contributed by atoms with Gasteiger partial charge >= 0.3 is 11.9 Å². The molecule has 1 amide bonds. The van der Waals surface area contributed by atoms with Gasteiger partial charge in [0, 0.05) is 75.0 Å². The van der Waals surface area contributed by atoms with Crippen molar-refractivity contribution in [2.45, 2.75) is 85.5 Å². The van der Waals surface area contributed by atoms with E-state index in [0.717, 1.165) is 39.0 Å². The molecule has 14 nitrogen and oxygen atoms in total. The lowest BCUT2D eigenvalue weighted by molar-refractivity contribution is -0.134. The molecular weight excluding hydrogens is 661 g/mol. The molecule has 1 spiro atoms. The molecule has 2 aliphatic heterocycles. The third-order valence-electron chi connectivity index (χ3n) is 9.49. The number of carbonyl (C=O) groups is 3. The Morgan fingerprint density at radius 3 is 2.24 bits per heavy atom. The summed E-state index contributed by atoms with van der Waals surface area (Å²) in [5.41, 5.74) is 0.270. The number of aliphatic hydroxyl groups excluding tert-OH is 1. The quantitative estimate of drug-likeness (QED) is 0.226. The van der Waals surface area contributed by atoms with E-state index in [-0.39, 0.29) is 40.7 Å². The van der Waals surface area contributed by atoms with Crippen molar-refractivity contribution >= 4 is 23.7 Å². The zero-order valence-electron chi connectivity index (χ0n) is 31.0. The molecule has 3 N–H and O–H groups in total. The SMILES string of the molecule is CCN(C(=O)c1cc(F)ccc1Oc1nncnc1N1CCC2(C1)CN([C@@H](C[C@@H](O)CN(C)C(C)C)C(C)C)C2)C(C)C.O=C(O)/C=C/C(=O)O. The number of anilines is 1. The van der Waals surface area contributed by atoms with Gasteiger partial charge in [-0.05, 0) is 78.6 Å². The van der Waals surface area contributed by atoms with Gasteiger partial charge < -0.3 is 34.8 Å². The van der Waals surface area contributed by atoms with Crippen LogP contribution >= 0.6 is 0 Å². The Morgan fingerprint density at radius 1 is 1.04 bits per heavy atom. The number of ether oxygens (including phenoxy) is 1. The Bertz CT molecular complexity index is 1500. The van der Waals surface area contributed by atoms with Gasteiger partial charge in [-0.15, -0.1) is 10.2 Å². The topological polar surface area (TPSA) is 173 Å². The normalized spacial score (nSPS) is 16.8. The number of carboxylic acid groups (broad SMARTS) is 2. The second-order valence-corrected chi connectivity index (χ2v) is 14.3. The molecule has 15 heteroatoms. The average molecular weight is 716 g/mol. The number of aromatic nitrogens is 3. The van der Waals surface area contributed by atoms with Gasteiger partial charge in [-0.25, -0.2) is 19.0 Å². The van der Waals surface area contributed by atoms with Gasteiger partial charge in [-0.2, -0.15) is 0 Å². The van der Waals surface area contributed by atoms with Gasteiger partial charge in [-0.3, -0.25) is 9.69 Å². The number of halogens is 1. The minimum Gasteiger partial charge on any atom is -0.478 e. The molecule has 1 aromatic heterocycles. The predicted molar refractivity (Wildman–Crippen MR) is 190 cm³/mol. The van der Waals surface area contributed by atoms with Gasteiger partial charge in [0.2, 0.25) is 0 Å². The van der Waals surface area contributed by atoms with Crippen molar-refractivity contribution in [2.24, 2.45) is 11.3 Å². The van der Waals surface area contributed by atoms with Crippen LogP contribution < -0.4 is 9.64 Å². The molecule has 0 radical (unpaired) electrons. The maximum absolute atomic E-state index is 14.3. The molecule has 0 unspecified atom stereocenters. The van der Waals surface area contributed by atoms with Gasteiger partial charge in [0.1, 0.15) is 17.9 Å². The first-order chi connectivity index (χ1) is 24.0. The number of aliphatic carboxylic acids is 2. The van der Waals surface area contributed by atoms with Gasteiger partial charge in [-0.1, -0.05) is 13.8 Å². The number of hydrogen-bond acceptors (Lipinski definition) is 11. The zero-order valence-corrected chi connectivity index (χ0v) is 31.0. The van der Waals surface area contributed by atoms with Gasteiger partial charge in [0.15, 0.2) is 5.82 Å². The number of benzene rings is 1. The van der Waals surface area contributed by atoms with E-state index in [9.17, 15) is 23.9 Å². The first-order valence-electron chi connectivity index (χ1n) is 17.4. The summed E-state index contributed by atoms with van der Waals surface area (Å²) in [6.45, 7) is 19.2. The summed E-state index contributed by atoms with van der Waals surface area (Å²) in [6.07, 6.45) is 3.92. The molecule has 2 saturated heterocycles. The summed E-state index contributed by atoms with van der Waals surface area (Å²) in [6, 6.07) is 4.61. The molecule has 282 valence electrons. The molecular formula is C36H54FN7O7. The molecule has 0 aliphatic carbocycles. The van der Waals surface area contributed by atoms with Crippen LogP contribution in [0.3, 0.4) is 0 Å². The van der Waals surface area contributed by atoms with E-state index in [1.165, 1.54) is 24.5 Å². The summed E-state index contributed by atoms with van der Waals surface area (Å²) >= 11 is 0. The lowest BCUT2D eigenvalue weighted by Gasteiger charge is -2.53. The van der Waals surface area contributed by atoms with Crippen molar-refractivity contribution < 1.29 is 38.8 Å². The first kappa shape index (κ1) is 41.2. The lowest BCUT2D eigenvalue weighted by Crippen LogP contribution is -2.62. The molecule has 2 aromatic rings. The number of carbonyl (C=O) groups excluding carboxylic acids is 1. The molecule has 51 heavy (non-hydrogen) atoms. The summed E-state index contributed by atoms with van der Waals surface area (Å²) in [5, 5.41) is 34.6. The fraction of sp³-hybridized carbons (Fsp3) is 0.611. The summed E-state index contributed by atoms with van der Waals surface area (Å²) in [5.74, 6) is -1.91. The van der Waals surface area contributed by atoms with Crippen molar-refractivity contribution in [3.8, 4) is 11.6 Å². The molecule has 1 aromatic carbocycles. The van der Waals surface area contributed by atoms with E-state index < -0.39 is 17.8 Å². The van der Waals surface area contributed by atoms with E-state index >= 15 is 0 Å². The number of carboxylic acids is 2. The maximum atomic E-state index is 14.3. The third-order valence-corrected chi connectivity index (χ3v) is 9.49. The number of nitrogens with zero attached hydrogens (tertiary/aromatic N) is 7. The average Bonchev–Trinajstić information content (AvgIpc) is 3.49. The van der Waals surface area contributed by atoms with Crippen molar-refractivity contribution in [1.82, 2.24) is 29.9 Å². The van der Waals surface area contributed by atoms with Gasteiger partial charge in [0.25, 0.3) is 11.8 Å². The Morgan fingerprint density at radius 2 is 1.69 bits per heavy atom. The second-order valence-electron chi connectivity index (χ2n) is 14.3. The standard InChI is InChI=1S/C32H50FN7O3.C4H4O4/c1-9-40(23(6)7)31(42)26-14-24(33)10-11-28(26)43-30-29(34-20-35-36-30)38-13-12-32(17-38)18-39(19-32)27(21(2)3)15-25(41)16-37(8)22(4)5;5-3(6)1-2-4(7)8/h10-11,14,20-23,25,27,41H,9,12-13,15-19H2,1-8H3;1-2H,(H,5,6)(H,7,8)/b;2-1+/t25-,27+;/m1./s1. The summed E-state index contributed by atoms with van der Waals surface area (Å²) in [4.78, 5) is 45.5. The minimum absolute atomic E-state index is 0.0508. The third kappa shape index (κ3) is 11.4. The van der Waals surface area contributed by atoms with E-state index in [2.05, 4.69) is 64.6 Å². The van der Waals surface area contributed by atoms with Crippen LogP contribution in [0.25, 0.3) is 0 Å². The van der Waals surface area contributed by atoms with Crippen LogP contribution in [-0.2, 0) is 9.59 Å². The number of amides is 1. The van der Waals surface area contributed by atoms with Crippen LogP contribution in [0.2, 0.25) is 0 Å². The van der Waals surface area contributed by atoms with E-state index in [1.807, 2.05) is 20.8 Å². The summed E-state index contributed by atoms with van der Waals surface area (Å²) < 4.78 is 20.4. The molecule has 0 bridgehead atoms. The number of likely N-dealkylation sites (N-methyl/N-ethyl adjacent to an activating group) is 1. The second kappa shape index (κ2) is 18.3. The van der Waals surface area contributed by atoms with Crippen LogP contribution in [0.15, 0.2) is 36.7 Å². The van der Waals surface area contributed by atoms with E-state index in [0.29, 0.717) is 49.1 Å². The molecule has 4 rings (SSSR count). The predicted octanol–water partition coefficient (Wildman–Crippen LogP) is 4.01. The number of likely N-dealkylation sites (tertiary alicyclic amines) is 1.